The fourth-order valence-electron chi connectivity index (χ4n) is 2.71. The minimum absolute atomic E-state index is 0.140. The highest BCUT2D eigenvalue weighted by molar-refractivity contribution is 5.71. The van der Waals surface area contributed by atoms with Crippen molar-refractivity contribution in [3.63, 3.8) is 0 Å². The monoisotopic (exact) mass is 322 g/mol. The van der Waals surface area contributed by atoms with Gasteiger partial charge in [-0.2, -0.15) is 0 Å². The van der Waals surface area contributed by atoms with Crippen molar-refractivity contribution in [2.45, 2.75) is 13.5 Å². The summed E-state index contributed by atoms with van der Waals surface area (Å²) in [7, 11) is 3.32. The molecular weight excluding hydrogens is 296 g/mol. The number of piperazine rings is 1. The molecule has 1 aliphatic rings. The van der Waals surface area contributed by atoms with Gasteiger partial charge in [0.25, 0.3) is 0 Å². The largest absolute Gasteiger partial charge is 0.497 e. The summed E-state index contributed by atoms with van der Waals surface area (Å²) in [5.41, 5.74) is 1.17. The number of rotatable bonds is 7. The van der Waals surface area contributed by atoms with E-state index in [-0.39, 0.29) is 5.97 Å². The second-order valence-corrected chi connectivity index (χ2v) is 5.58. The Labute approximate surface area is 137 Å². The molecule has 0 spiro atoms. The molecule has 0 aliphatic carbocycles. The number of benzene rings is 1. The van der Waals surface area contributed by atoms with E-state index in [1.165, 1.54) is 5.56 Å². The van der Waals surface area contributed by atoms with Crippen LogP contribution in [0.3, 0.4) is 0 Å². The first kappa shape index (κ1) is 17.6. The van der Waals surface area contributed by atoms with Crippen LogP contribution in [0.4, 0.5) is 0 Å². The van der Waals surface area contributed by atoms with E-state index in [0.29, 0.717) is 13.2 Å². The standard InChI is InChI=1S/C17H26N2O4/c1-4-23-17(20)13-19-7-5-18(6-8-19)12-14-9-15(21-2)11-16(10-14)22-3/h9-11H,4-8,12-13H2,1-3H3. The zero-order valence-corrected chi connectivity index (χ0v) is 14.2. The molecule has 0 atom stereocenters. The van der Waals surface area contributed by atoms with E-state index in [2.05, 4.69) is 9.80 Å². The van der Waals surface area contributed by atoms with Crippen LogP contribution in [-0.2, 0) is 16.1 Å². The molecule has 0 unspecified atom stereocenters. The summed E-state index contributed by atoms with van der Waals surface area (Å²) in [5.74, 6) is 1.47. The van der Waals surface area contributed by atoms with Gasteiger partial charge in [-0.1, -0.05) is 0 Å². The first-order chi connectivity index (χ1) is 11.1. The Hall–Kier alpha value is -1.79. The number of carbonyl (C=O) groups is 1. The topological polar surface area (TPSA) is 51.2 Å². The number of hydrogen-bond acceptors (Lipinski definition) is 6. The van der Waals surface area contributed by atoms with Crippen molar-refractivity contribution in [1.82, 2.24) is 9.80 Å². The minimum atomic E-state index is -0.140. The lowest BCUT2D eigenvalue weighted by atomic mass is 10.1. The molecule has 1 fully saturated rings. The van der Waals surface area contributed by atoms with Gasteiger partial charge in [0, 0.05) is 38.8 Å². The Morgan fingerprint density at radius 1 is 1.00 bits per heavy atom. The van der Waals surface area contributed by atoms with Crippen molar-refractivity contribution >= 4 is 5.97 Å². The molecular formula is C17H26N2O4. The van der Waals surface area contributed by atoms with Crippen LogP contribution in [0, 0.1) is 0 Å². The average molecular weight is 322 g/mol. The van der Waals surface area contributed by atoms with Gasteiger partial charge in [-0.05, 0) is 24.6 Å². The molecule has 0 amide bonds. The Bertz CT molecular complexity index is 491. The summed E-state index contributed by atoms with van der Waals surface area (Å²) in [6, 6.07) is 5.95. The van der Waals surface area contributed by atoms with Crippen LogP contribution in [0.15, 0.2) is 18.2 Å². The summed E-state index contributed by atoms with van der Waals surface area (Å²) in [5, 5.41) is 0. The lowest BCUT2D eigenvalue weighted by Gasteiger charge is -2.34. The maximum atomic E-state index is 11.5. The van der Waals surface area contributed by atoms with Gasteiger partial charge in [0.2, 0.25) is 0 Å². The lowest BCUT2D eigenvalue weighted by molar-refractivity contribution is -0.144. The van der Waals surface area contributed by atoms with Gasteiger partial charge in [0.05, 0.1) is 27.4 Å². The summed E-state index contributed by atoms with van der Waals surface area (Å²) < 4.78 is 15.6. The third-order valence-corrected chi connectivity index (χ3v) is 3.94. The third kappa shape index (κ3) is 5.41. The van der Waals surface area contributed by atoms with Crippen molar-refractivity contribution in [2.24, 2.45) is 0 Å². The zero-order chi connectivity index (χ0) is 16.7. The highest BCUT2D eigenvalue weighted by Gasteiger charge is 2.19. The maximum Gasteiger partial charge on any atom is 0.320 e. The first-order valence-electron chi connectivity index (χ1n) is 7.97. The van der Waals surface area contributed by atoms with E-state index in [9.17, 15) is 4.79 Å². The van der Waals surface area contributed by atoms with Gasteiger partial charge < -0.3 is 14.2 Å². The Morgan fingerprint density at radius 3 is 2.09 bits per heavy atom. The van der Waals surface area contributed by atoms with Gasteiger partial charge in [0.15, 0.2) is 0 Å². The van der Waals surface area contributed by atoms with E-state index in [1.807, 2.05) is 25.1 Å². The Morgan fingerprint density at radius 2 is 1.57 bits per heavy atom. The molecule has 6 heteroatoms. The van der Waals surface area contributed by atoms with Gasteiger partial charge in [-0.3, -0.25) is 14.6 Å². The molecule has 6 nitrogen and oxygen atoms in total. The van der Waals surface area contributed by atoms with E-state index < -0.39 is 0 Å². The predicted molar refractivity (Wildman–Crippen MR) is 87.9 cm³/mol. The number of esters is 1. The fourth-order valence-corrected chi connectivity index (χ4v) is 2.71. The predicted octanol–water partition coefficient (Wildman–Crippen LogP) is 1.38. The number of ether oxygens (including phenoxy) is 3. The zero-order valence-electron chi connectivity index (χ0n) is 14.2. The van der Waals surface area contributed by atoms with Crippen molar-refractivity contribution in [2.75, 3.05) is 53.6 Å². The van der Waals surface area contributed by atoms with Gasteiger partial charge in [-0.15, -0.1) is 0 Å². The summed E-state index contributed by atoms with van der Waals surface area (Å²) in [4.78, 5) is 16.0. The lowest BCUT2D eigenvalue weighted by Crippen LogP contribution is -2.47. The van der Waals surface area contributed by atoms with E-state index in [1.54, 1.807) is 14.2 Å². The van der Waals surface area contributed by atoms with Crippen LogP contribution < -0.4 is 9.47 Å². The molecule has 1 heterocycles. The average Bonchev–Trinajstić information content (AvgIpc) is 2.56. The second kappa shape index (κ2) is 8.74. The van der Waals surface area contributed by atoms with Crippen LogP contribution >= 0.6 is 0 Å². The van der Waals surface area contributed by atoms with Crippen molar-refractivity contribution in [1.29, 1.82) is 0 Å². The fraction of sp³-hybridized carbons (Fsp3) is 0.588. The van der Waals surface area contributed by atoms with Crippen LogP contribution in [0.2, 0.25) is 0 Å². The smallest absolute Gasteiger partial charge is 0.320 e. The molecule has 0 N–H and O–H groups in total. The highest BCUT2D eigenvalue weighted by Crippen LogP contribution is 2.23. The summed E-state index contributed by atoms with van der Waals surface area (Å²) >= 11 is 0. The van der Waals surface area contributed by atoms with E-state index in [0.717, 1.165) is 44.2 Å². The van der Waals surface area contributed by atoms with Gasteiger partial charge in [0.1, 0.15) is 11.5 Å². The molecule has 0 aromatic heterocycles. The molecule has 1 aromatic carbocycles. The molecule has 2 rings (SSSR count). The molecule has 1 aliphatic heterocycles. The number of hydrogen-bond donors (Lipinski definition) is 0. The molecule has 0 bridgehead atoms. The van der Waals surface area contributed by atoms with Gasteiger partial charge in [-0.25, -0.2) is 0 Å². The highest BCUT2D eigenvalue weighted by atomic mass is 16.5. The molecule has 23 heavy (non-hydrogen) atoms. The van der Waals surface area contributed by atoms with Crippen LogP contribution in [0.5, 0.6) is 11.5 Å². The number of carbonyl (C=O) groups excluding carboxylic acids is 1. The van der Waals surface area contributed by atoms with Crippen molar-refractivity contribution in [3.05, 3.63) is 23.8 Å². The maximum absolute atomic E-state index is 11.5. The quantitative estimate of drug-likeness (QED) is 0.707. The van der Waals surface area contributed by atoms with Gasteiger partial charge >= 0.3 is 5.97 Å². The Kier molecular flexibility index (Phi) is 6.67. The molecule has 1 saturated heterocycles. The number of nitrogens with zero attached hydrogens (tertiary/aromatic N) is 2. The normalized spacial score (nSPS) is 16.1. The summed E-state index contributed by atoms with van der Waals surface area (Å²) in [6.07, 6.45) is 0. The van der Waals surface area contributed by atoms with Crippen LogP contribution in [0.1, 0.15) is 12.5 Å². The minimum Gasteiger partial charge on any atom is -0.497 e. The second-order valence-electron chi connectivity index (χ2n) is 5.58. The van der Waals surface area contributed by atoms with Crippen LogP contribution in [0.25, 0.3) is 0 Å². The molecule has 128 valence electrons. The van der Waals surface area contributed by atoms with E-state index >= 15 is 0 Å². The molecule has 1 aromatic rings. The van der Waals surface area contributed by atoms with Crippen molar-refractivity contribution in [3.8, 4) is 11.5 Å². The molecule has 0 saturated carbocycles. The SMILES string of the molecule is CCOC(=O)CN1CCN(Cc2cc(OC)cc(OC)c2)CC1. The molecule has 0 radical (unpaired) electrons. The Balaban J connectivity index is 1.85. The third-order valence-electron chi connectivity index (χ3n) is 3.94. The van der Waals surface area contributed by atoms with Crippen molar-refractivity contribution < 1.29 is 19.0 Å². The van der Waals surface area contributed by atoms with Crippen LogP contribution in [-0.4, -0.2) is 69.3 Å². The summed E-state index contributed by atoms with van der Waals surface area (Å²) in [6.45, 7) is 7.11. The first-order valence-corrected chi connectivity index (χ1v) is 7.97. The number of methoxy groups -OCH3 is 2. The van der Waals surface area contributed by atoms with E-state index in [4.69, 9.17) is 14.2 Å².